The minimum Gasteiger partial charge on any atom is -0.508 e. The van der Waals surface area contributed by atoms with Crippen molar-refractivity contribution in [1.82, 2.24) is 9.62 Å². The molecule has 1 unspecified atom stereocenters. The number of hydrogen-bond acceptors (Lipinski definition) is 7. The number of sulfonamides is 1. The molecule has 2 aromatic carbocycles. The molecule has 40 heavy (non-hydrogen) atoms. The number of piperidine rings is 1. The topological polar surface area (TPSA) is 133 Å². The van der Waals surface area contributed by atoms with Gasteiger partial charge in [-0.1, -0.05) is 11.6 Å². The Bertz CT molecular complexity index is 1370. The molecule has 0 spiro atoms. The van der Waals surface area contributed by atoms with Gasteiger partial charge in [-0.15, -0.1) is 0 Å². The van der Waals surface area contributed by atoms with E-state index in [1.165, 1.54) is 12.1 Å². The van der Waals surface area contributed by atoms with Crippen molar-refractivity contribution in [3.63, 3.8) is 0 Å². The smallest absolute Gasteiger partial charge is 0.490 e. The van der Waals surface area contributed by atoms with E-state index in [4.69, 9.17) is 26.2 Å². The highest BCUT2D eigenvalue weighted by Gasteiger charge is 2.38. The lowest BCUT2D eigenvalue weighted by Gasteiger charge is -2.33. The summed E-state index contributed by atoms with van der Waals surface area (Å²) in [5.41, 5.74) is 1.14. The predicted octanol–water partition coefficient (Wildman–Crippen LogP) is 4.43. The zero-order chi connectivity index (χ0) is 29.8. The maximum absolute atomic E-state index is 14.8. The van der Waals surface area contributed by atoms with Crippen LogP contribution in [0.5, 0.6) is 11.5 Å². The maximum atomic E-state index is 14.8. The zero-order valence-electron chi connectivity index (χ0n) is 21.2. The number of phenolic OH excluding ortho intramolecular Hbond substituents is 1. The van der Waals surface area contributed by atoms with E-state index in [1.807, 2.05) is 4.72 Å². The largest absolute Gasteiger partial charge is 0.508 e. The lowest BCUT2D eigenvalue weighted by molar-refractivity contribution is -0.192. The first-order valence-electron chi connectivity index (χ1n) is 12.1. The molecule has 1 aliphatic heterocycles. The highest BCUT2D eigenvalue weighted by Crippen LogP contribution is 2.45. The Morgan fingerprint density at radius 1 is 1.18 bits per heavy atom. The van der Waals surface area contributed by atoms with Crippen molar-refractivity contribution in [2.45, 2.75) is 50.4 Å². The van der Waals surface area contributed by atoms with Crippen LogP contribution in [-0.2, 0) is 21.4 Å². The molecule has 2 aliphatic rings. The third-order valence-electron chi connectivity index (χ3n) is 6.07. The third-order valence-corrected chi connectivity index (χ3v) is 6.86. The molecule has 15 heteroatoms. The summed E-state index contributed by atoms with van der Waals surface area (Å²) in [6.07, 6.45) is -0.949. The molecule has 1 saturated heterocycles. The van der Waals surface area contributed by atoms with Crippen molar-refractivity contribution in [3.05, 3.63) is 57.9 Å². The van der Waals surface area contributed by atoms with Crippen molar-refractivity contribution < 1.29 is 50.5 Å². The minimum atomic E-state index is -5.08. The Labute approximate surface area is 232 Å². The summed E-state index contributed by atoms with van der Waals surface area (Å²) in [7, 11) is -3.81. The first-order chi connectivity index (χ1) is 18.5. The fourth-order valence-electron chi connectivity index (χ4n) is 4.14. The number of carboxylic acid groups (broad SMARTS) is 1. The Morgan fingerprint density at radius 3 is 2.40 bits per heavy atom. The maximum Gasteiger partial charge on any atom is 0.490 e. The summed E-state index contributed by atoms with van der Waals surface area (Å²) in [5, 5.41) is 17.8. The van der Waals surface area contributed by atoms with Gasteiger partial charge in [-0.05, 0) is 68.0 Å². The number of carbonyl (C=O) groups is 2. The molecule has 1 amide bonds. The molecule has 4 rings (SSSR count). The van der Waals surface area contributed by atoms with Crippen molar-refractivity contribution in [1.29, 1.82) is 0 Å². The van der Waals surface area contributed by atoms with Crippen LogP contribution < -0.4 is 9.46 Å². The summed E-state index contributed by atoms with van der Waals surface area (Å²) >= 11 is 6.06. The van der Waals surface area contributed by atoms with E-state index in [2.05, 4.69) is 4.90 Å². The van der Waals surface area contributed by atoms with Crippen LogP contribution in [0, 0.1) is 5.82 Å². The molecule has 0 bridgehead atoms. The second kappa shape index (κ2) is 12.6. The van der Waals surface area contributed by atoms with Crippen LogP contribution in [0.15, 0.2) is 30.3 Å². The Morgan fingerprint density at radius 2 is 1.82 bits per heavy atom. The second-order valence-electron chi connectivity index (χ2n) is 9.54. The SMILES string of the molecule is CS(=O)(=O)NC(=O)c1cc(C2CC2)c(OC2CCCN(Cc3cc(Cl)ccc3O)C2)cc1F.O=C(O)C(F)(F)F. The predicted molar refractivity (Wildman–Crippen MR) is 136 cm³/mol. The number of nitrogens with zero attached hydrogens (tertiary/aromatic N) is 1. The van der Waals surface area contributed by atoms with Gasteiger partial charge in [-0.2, -0.15) is 13.2 Å². The third kappa shape index (κ3) is 9.24. The average Bonchev–Trinajstić information content (AvgIpc) is 3.66. The quantitative estimate of drug-likeness (QED) is 0.392. The van der Waals surface area contributed by atoms with Gasteiger partial charge in [0.15, 0.2) is 0 Å². The van der Waals surface area contributed by atoms with Gasteiger partial charge in [0, 0.05) is 29.7 Å². The van der Waals surface area contributed by atoms with Crippen LogP contribution >= 0.6 is 11.6 Å². The minimum absolute atomic E-state index is 0.161. The summed E-state index contributed by atoms with van der Waals surface area (Å²) in [6, 6.07) is 7.54. The van der Waals surface area contributed by atoms with Crippen LogP contribution in [0.4, 0.5) is 17.6 Å². The van der Waals surface area contributed by atoms with Gasteiger partial charge in [-0.25, -0.2) is 22.3 Å². The summed E-state index contributed by atoms with van der Waals surface area (Å²) in [5.74, 6) is -3.84. The van der Waals surface area contributed by atoms with Gasteiger partial charge in [-0.3, -0.25) is 9.69 Å². The number of carboxylic acids is 1. The first-order valence-corrected chi connectivity index (χ1v) is 14.3. The van der Waals surface area contributed by atoms with E-state index in [9.17, 15) is 35.9 Å². The standard InChI is InChI=1S/C23H26ClFN2O5S.C2HF3O2/c1-33(30,31)26-23(29)19-10-18(14-4-5-14)22(11-20(19)25)32-17-3-2-8-27(13-17)12-15-9-16(24)6-7-21(15)28;3-2(4,5)1(6)7/h6-7,9-11,14,17,28H,2-5,8,12-13H2,1H3,(H,26,29);(H,6,7). The van der Waals surface area contributed by atoms with Crippen LogP contribution in [0.1, 0.15) is 53.1 Å². The number of alkyl halides is 3. The number of aromatic hydroxyl groups is 1. The molecule has 3 N–H and O–H groups in total. The zero-order valence-corrected chi connectivity index (χ0v) is 22.7. The number of likely N-dealkylation sites (tertiary alicyclic amines) is 1. The molecule has 2 aromatic rings. The number of nitrogens with one attached hydrogen (secondary N) is 1. The highest BCUT2D eigenvalue weighted by atomic mass is 35.5. The van der Waals surface area contributed by atoms with E-state index >= 15 is 0 Å². The van der Waals surface area contributed by atoms with Crippen molar-refractivity contribution >= 4 is 33.5 Å². The number of amides is 1. The number of phenols is 1. The molecule has 9 nitrogen and oxygen atoms in total. The van der Waals surface area contributed by atoms with E-state index in [-0.39, 0.29) is 23.3 Å². The van der Waals surface area contributed by atoms with E-state index in [1.54, 1.807) is 18.2 Å². The molecular weight excluding hydrogens is 584 g/mol. The summed E-state index contributed by atoms with van der Waals surface area (Å²) < 4.78 is 77.3. The van der Waals surface area contributed by atoms with Crippen molar-refractivity contribution in [2.75, 3.05) is 19.3 Å². The second-order valence-corrected chi connectivity index (χ2v) is 11.7. The molecule has 1 aliphatic carbocycles. The molecule has 0 radical (unpaired) electrons. The van der Waals surface area contributed by atoms with Crippen LogP contribution in [-0.4, -0.2) is 67.0 Å². The molecular formula is C25H27ClF4N2O7S. The van der Waals surface area contributed by atoms with Gasteiger partial charge in [0.1, 0.15) is 23.4 Å². The van der Waals surface area contributed by atoms with Gasteiger partial charge in [0.25, 0.3) is 5.91 Å². The lowest BCUT2D eigenvalue weighted by atomic mass is 10.0. The summed E-state index contributed by atoms with van der Waals surface area (Å²) in [4.78, 5) is 23.3. The molecule has 1 heterocycles. The number of ether oxygens (including phenoxy) is 1. The molecule has 1 atom stereocenters. The van der Waals surface area contributed by atoms with E-state index in [0.29, 0.717) is 23.9 Å². The number of hydrogen-bond donors (Lipinski definition) is 3. The van der Waals surface area contributed by atoms with Crippen LogP contribution in [0.3, 0.4) is 0 Å². The lowest BCUT2D eigenvalue weighted by Crippen LogP contribution is -2.40. The number of halogens is 5. The molecule has 1 saturated carbocycles. The van der Waals surface area contributed by atoms with Crippen molar-refractivity contribution in [2.24, 2.45) is 0 Å². The fourth-order valence-corrected chi connectivity index (χ4v) is 4.78. The van der Waals surface area contributed by atoms with Crippen molar-refractivity contribution in [3.8, 4) is 11.5 Å². The molecule has 0 aromatic heterocycles. The van der Waals surface area contributed by atoms with Gasteiger partial charge in [0.2, 0.25) is 10.0 Å². The van der Waals surface area contributed by atoms with Gasteiger partial charge >= 0.3 is 12.1 Å². The van der Waals surface area contributed by atoms with E-state index < -0.39 is 33.9 Å². The Balaban J connectivity index is 0.000000559. The van der Waals surface area contributed by atoms with Gasteiger partial charge in [0.05, 0.1) is 11.8 Å². The summed E-state index contributed by atoms with van der Waals surface area (Å²) in [6.45, 7) is 1.94. The average molecular weight is 611 g/mol. The monoisotopic (exact) mass is 610 g/mol. The van der Waals surface area contributed by atoms with Crippen LogP contribution in [0.2, 0.25) is 5.02 Å². The Kier molecular flexibility index (Phi) is 9.90. The first kappa shape index (κ1) is 31.4. The molecule has 2 fully saturated rings. The fraction of sp³-hybridized carbons (Fsp3) is 0.440. The van der Waals surface area contributed by atoms with Gasteiger partial charge < -0.3 is 14.9 Å². The number of rotatable bonds is 7. The number of carbonyl (C=O) groups excluding carboxylic acids is 1. The normalized spacial score (nSPS) is 17.9. The Hall–Kier alpha value is -3.10. The molecule has 220 valence electrons. The van der Waals surface area contributed by atoms with Crippen LogP contribution in [0.25, 0.3) is 0 Å². The number of aliphatic carboxylic acids is 1. The highest BCUT2D eigenvalue weighted by molar-refractivity contribution is 7.89. The number of benzene rings is 2. The van der Waals surface area contributed by atoms with E-state index in [0.717, 1.165) is 49.6 Å².